The Balaban J connectivity index is 2.04. The standard InChI is InChI=1S/C13H9ClN2O3/c1-7-5-8(19-15-7)6-16-11-9(12(17)13(16)18)3-2-4-10(11)14/h2-5H,6H2,1H3. The molecular formula is C13H9ClN2O3. The zero-order valence-corrected chi connectivity index (χ0v) is 10.8. The molecule has 0 radical (unpaired) electrons. The van der Waals surface area contributed by atoms with Crippen LogP contribution in [0.3, 0.4) is 0 Å². The quantitative estimate of drug-likeness (QED) is 0.790. The number of halogens is 1. The summed E-state index contributed by atoms with van der Waals surface area (Å²) in [4.78, 5) is 25.2. The molecule has 0 spiro atoms. The summed E-state index contributed by atoms with van der Waals surface area (Å²) < 4.78 is 5.07. The number of aryl methyl sites for hydroxylation is 1. The zero-order chi connectivity index (χ0) is 13.6. The van der Waals surface area contributed by atoms with Crippen molar-refractivity contribution in [2.45, 2.75) is 13.5 Å². The van der Waals surface area contributed by atoms with Crippen molar-refractivity contribution >= 4 is 29.0 Å². The topological polar surface area (TPSA) is 63.4 Å². The fourth-order valence-electron chi connectivity index (χ4n) is 2.11. The number of anilines is 1. The van der Waals surface area contributed by atoms with Gasteiger partial charge in [-0.25, -0.2) is 0 Å². The van der Waals surface area contributed by atoms with E-state index in [1.165, 1.54) is 4.90 Å². The number of nitrogens with zero attached hydrogens (tertiary/aromatic N) is 2. The molecule has 0 saturated heterocycles. The molecule has 0 bridgehead atoms. The van der Waals surface area contributed by atoms with Crippen molar-refractivity contribution in [1.29, 1.82) is 0 Å². The van der Waals surface area contributed by atoms with Gasteiger partial charge in [-0.2, -0.15) is 0 Å². The lowest BCUT2D eigenvalue weighted by Crippen LogP contribution is -2.29. The van der Waals surface area contributed by atoms with Gasteiger partial charge < -0.3 is 4.52 Å². The highest BCUT2D eigenvalue weighted by Gasteiger charge is 2.37. The molecule has 1 aromatic heterocycles. The Labute approximate surface area is 113 Å². The smallest absolute Gasteiger partial charge is 0.299 e. The van der Waals surface area contributed by atoms with Crippen LogP contribution >= 0.6 is 11.6 Å². The summed E-state index contributed by atoms with van der Waals surface area (Å²) >= 11 is 6.07. The maximum Gasteiger partial charge on any atom is 0.299 e. The monoisotopic (exact) mass is 276 g/mol. The predicted molar refractivity (Wildman–Crippen MR) is 68.2 cm³/mol. The van der Waals surface area contributed by atoms with E-state index in [0.29, 0.717) is 27.7 Å². The van der Waals surface area contributed by atoms with Crippen molar-refractivity contribution in [3.8, 4) is 0 Å². The molecule has 2 aromatic rings. The number of hydrogen-bond acceptors (Lipinski definition) is 4. The first-order valence-electron chi connectivity index (χ1n) is 5.65. The molecule has 0 unspecified atom stereocenters. The van der Waals surface area contributed by atoms with Crippen LogP contribution < -0.4 is 4.90 Å². The van der Waals surface area contributed by atoms with Crippen molar-refractivity contribution in [2.75, 3.05) is 4.90 Å². The molecule has 2 heterocycles. The molecule has 1 aliphatic rings. The first-order valence-corrected chi connectivity index (χ1v) is 6.02. The molecule has 3 rings (SSSR count). The molecule has 1 aliphatic heterocycles. The van der Waals surface area contributed by atoms with Crippen LogP contribution in [0.1, 0.15) is 21.8 Å². The number of fused-ring (bicyclic) bond motifs is 1. The normalized spacial score (nSPS) is 14.1. The number of carbonyl (C=O) groups excluding carboxylic acids is 2. The number of benzene rings is 1. The van der Waals surface area contributed by atoms with Gasteiger partial charge in [0.1, 0.15) is 0 Å². The van der Waals surface area contributed by atoms with Crippen molar-refractivity contribution < 1.29 is 14.1 Å². The number of aromatic nitrogens is 1. The van der Waals surface area contributed by atoms with E-state index in [-0.39, 0.29) is 6.54 Å². The van der Waals surface area contributed by atoms with E-state index in [2.05, 4.69) is 5.16 Å². The van der Waals surface area contributed by atoms with Gasteiger partial charge in [0.2, 0.25) is 0 Å². The Morgan fingerprint density at radius 1 is 1.37 bits per heavy atom. The third-order valence-electron chi connectivity index (χ3n) is 2.93. The van der Waals surface area contributed by atoms with Crippen molar-refractivity contribution in [1.82, 2.24) is 5.16 Å². The lowest BCUT2D eigenvalue weighted by atomic mass is 10.1. The van der Waals surface area contributed by atoms with Gasteiger partial charge in [-0.1, -0.05) is 22.8 Å². The number of rotatable bonds is 2. The van der Waals surface area contributed by atoms with E-state index in [1.807, 2.05) is 0 Å². The minimum absolute atomic E-state index is 0.141. The molecule has 0 aliphatic carbocycles. The summed E-state index contributed by atoms with van der Waals surface area (Å²) in [5, 5.41) is 4.12. The van der Waals surface area contributed by atoms with E-state index in [1.54, 1.807) is 31.2 Å². The van der Waals surface area contributed by atoms with Gasteiger partial charge in [-0.15, -0.1) is 0 Å². The number of para-hydroxylation sites is 1. The van der Waals surface area contributed by atoms with E-state index >= 15 is 0 Å². The number of carbonyl (C=O) groups is 2. The fraction of sp³-hybridized carbons (Fsp3) is 0.154. The third kappa shape index (κ3) is 1.82. The van der Waals surface area contributed by atoms with Crippen LogP contribution in [0.2, 0.25) is 5.02 Å². The molecule has 5 nitrogen and oxygen atoms in total. The van der Waals surface area contributed by atoms with E-state index in [4.69, 9.17) is 16.1 Å². The molecule has 6 heteroatoms. The summed E-state index contributed by atoms with van der Waals surface area (Å²) in [6, 6.07) is 6.60. The number of ketones is 1. The molecule has 1 aromatic carbocycles. The summed E-state index contributed by atoms with van der Waals surface area (Å²) in [6.45, 7) is 1.92. The van der Waals surface area contributed by atoms with Crippen LogP contribution in [-0.2, 0) is 11.3 Å². The maximum atomic E-state index is 12.0. The number of hydrogen-bond donors (Lipinski definition) is 0. The molecule has 0 atom stereocenters. The lowest BCUT2D eigenvalue weighted by molar-refractivity contribution is -0.114. The Morgan fingerprint density at radius 2 is 2.16 bits per heavy atom. The van der Waals surface area contributed by atoms with Gasteiger partial charge >= 0.3 is 0 Å². The van der Waals surface area contributed by atoms with Crippen molar-refractivity contribution in [3.05, 3.63) is 46.3 Å². The summed E-state index contributed by atoms with van der Waals surface area (Å²) in [5.41, 5.74) is 1.48. The Kier molecular flexibility index (Phi) is 2.64. The second kappa shape index (κ2) is 4.20. The first-order chi connectivity index (χ1) is 9.08. The van der Waals surface area contributed by atoms with Crippen molar-refractivity contribution in [3.63, 3.8) is 0 Å². The zero-order valence-electron chi connectivity index (χ0n) is 10.0. The SMILES string of the molecule is Cc1cc(CN2C(=O)C(=O)c3cccc(Cl)c32)on1. The second-order valence-corrected chi connectivity index (χ2v) is 4.70. The molecule has 19 heavy (non-hydrogen) atoms. The van der Waals surface area contributed by atoms with E-state index in [9.17, 15) is 9.59 Å². The van der Waals surface area contributed by atoms with E-state index < -0.39 is 11.7 Å². The van der Waals surface area contributed by atoms with Gasteiger partial charge in [-0.05, 0) is 19.1 Å². The Morgan fingerprint density at radius 3 is 2.84 bits per heavy atom. The highest BCUT2D eigenvalue weighted by molar-refractivity contribution is 6.54. The minimum atomic E-state index is -0.600. The van der Waals surface area contributed by atoms with Gasteiger partial charge in [0.15, 0.2) is 5.76 Å². The Bertz CT molecular complexity index is 693. The summed E-state index contributed by atoms with van der Waals surface area (Å²) in [7, 11) is 0. The van der Waals surface area contributed by atoms with Gasteiger partial charge in [0.05, 0.1) is 28.5 Å². The van der Waals surface area contributed by atoms with Gasteiger partial charge in [0.25, 0.3) is 11.7 Å². The number of Topliss-reactive ketones (excluding diaryl/α,β-unsaturated/α-hetero) is 1. The second-order valence-electron chi connectivity index (χ2n) is 4.29. The van der Waals surface area contributed by atoms with Crippen LogP contribution in [0.15, 0.2) is 28.8 Å². The predicted octanol–water partition coefficient (Wildman–Crippen LogP) is 2.37. The average Bonchev–Trinajstić information content (AvgIpc) is 2.89. The Hall–Kier alpha value is -2.14. The van der Waals surface area contributed by atoms with Crippen LogP contribution in [0.25, 0.3) is 0 Å². The van der Waals surface area contributed by atoms with Crippen LogP contribution in [-0.4, -0.2) is 16.8 Å². The number of amides is 1. The van der Waals surface area contributed by atoms with Crippen LogP contribution in [0.4, 0.5) is 5.69 Å². The molecule has 96 valence electrons. The largest absolute Gasteiger partial charge is 0.359 e. The fourth-order valence-corrected chi connectivity index (χ4v) is 2.39. The lowest BCUT2D eigenvalue weighted by Gasteiger charge is -2.15. The minimum Gasteiger partial charge on any atom is -0.359 e. The van der Waals surface area contributed by atoms with Crippen molar-refractivity contribution in [2.24, 2.45) is 0 Å². The summed E-state index contributed by atoms with van der Waals surface area (Å²) in [6.07, 6.45) is 0. The average molecular weight is 277 g/mol. The van der Waals surface area contributed by atoms with E-state index in [0.717, 1.165) is 0 Å². The van der Waals surface area contributed by atoms with Gasteiger partial charge in [0, 0.05) is 6.07 Å². The highest BCUT2D eigenvalue weighted by Crippen LogP contribution is 2.36. The van der Waals surface area contributed by atoms with Gasteiger partial charge in [-0.3, -0.25) is 14.5 Å². The maximum absolute atomic E-state index is 12.0. The summed E-state index contributed by atoms with van der Waals surface area (Å²) in [5.74, 6) is -0.641. The van der Waals surface area contributed by atoms with Crippen LogP contribution in [0.5, 0.6) is 0 Å². The third-order valence-corrected chi connectivity index (χ3v) is 3.24. The molecule has 1 amide bonds. The van der Waals surface area contributed by atoms with Crippen LogP contribution in [0, 0.1) is 6.92 Å². The molecule has 0 fully saturated rings. The first kappa shape index (κ1) is 11.9. The molecule has 0 saturated carbocycles. The molecular weight excluding hydrogens is 268 g/mol. The highest BCUT2D eigenvalue weighted by atomic mass is 35.5. The molecule has 0 N–H and O–H groups in total.